The first-order chi connectivity index (χ1) is 9.73. The molecule has 5 nitrogen and oxygen atoms in total. The van der Waals surface area contributed by atoms with Gasteiger partial charge in [-0.2, -0.15) is 0 Å². The van der Waals surface area contributed by atoms with Crippen molar-refractivity contribution in [1.29, 1.82) is 0 Å². The molecule has 1 N–H and O–H groups in total. The van der Waals surface area contributed by atoms with E-state index in [-0.39, 0.29) is 11.9 Å². The number of rotatable bonds is 2. The minimum atomic E-state index is -1.09. The van der Waals surface area contributed by atoms with E-state index in [0.29, 0.717) is 18.7 Å². The molecule has 2 aliphatic rings. The number of amides is 1. The van der Waals surface area contributed by atoms with Crippen molar-refractivity contribution in [1.82, 2.24) is 4.98 Å². The van der Waals surface area contributed by atoms with Gasteiger partial charge >= 0.3 is 5.97 Å². The van der Waals surface area contributed by atoms with E-state index in [1.807, 2.05) is 26.8 Å². The average Bonchev–Trinajstić information content (AvgIpc) is 2.72. The number of fused-ring (bicyclic) bond motifs is 2. The normalized spacial score (nSPS) is 32.9. The van der Waals surface area contributed by atoms with Crippen molar-refractivity contribution in [2.45, 2.75) is 39.2 Å². The van der Waals surface area contributed by atoms with Gasteiger partial charge in [0.05, 0.1) is 5.41 Å². The summed E-state index contributed by atoms with van der Waals surface area (Å²) in [5.74, 6) is -0.0811. The van der Waals surface area contributed by atoms with E-state index in [0.717, 1.165) is 3.57 Å². The number of nitrogens with zero attached hydrogens (tertiary/aromatic N) is 1. The van der Waals surface area contributed by atoms with Crippen LogP contribution in [0, 0.1) is 14.4 Å². The molecule has 2 heterocycles. The highest BCUT2D eigenvalue weighted by molar-refractivity contribution is 14.1. The molecule has 0 radical (unpaired) electrons. The van der Waals surface area contributed by atoms with Gasteiger partial charge in [0.25, 0.3) is 5.91 Å². The molecule has 6 heteroatoms. The van der Waals surface area contributed by atoms with E-state index < -0.39 is 16.4 Å². The maximum absolute atomic E-state index is 12.8. The molecule has 1 amide bonds. The first-order valence-corrected chi connectivity index (χ1v) is 7.97. The van der Waals surface area contributed by atoms with Gasteiger partial charge in [0, 0.05) is 15.2 Å². The first kappa shape index (κ1) is 14.7. The van der Waals surface area contributed by atoms with E-state index in [2.05, 4.69) is 32.9 Å². The summed E-state index contributed by atoms with van der Waals surface area (Å²) in [5, 5.41) is 2.79. The summed E-state index contributed by atoms with van der Waals surface area (Å²) in [7, 11) is 0. The number of carbonyl (C=O) groups is 2. The van der Waals surface area contributed by atoms with Crippen LogP contribution in [0.25, 0.3) is 0 Å². The van der Waals surface area contributed by atoms with Crippen molar-refractivity contribution in [3.8, 4) is 0 Å². The Balaban J connectivity index is 1.91. The summed E-state index contributed by atoms with van der Waals surface area (Å²) in [6, 6.07) is 3.61. The summed E-state index contributed by atoms with van der Waals surface area (Å²) in [4.78, 5) is 29.1. The number of halogens is 1. The molecule has 1 saturated carbocycles. The summed E-state index contributed by atoms with van der Waals surface area (Å²) >= 11 is 2.15. The molecule has 2 bridgehead atoms. The molecule has 2 atom stereocenters. The molecule has 1 aliphatic heterocycles. The van der Waals surface area contributed by atoms with Gasteiger partial charge in [-0.15, -0.1) is 0 Å². The molecule has 21 heavy (non-hydrogen) atoms. The summed E-state index contributed by atoms with van der Waals surface area (Å²) in [6.07, 6.45) is 2.91. The minimum Gasteiger partial charge on any atom is -0.448 e. The van der Waals surface area contributed by atoms with E-state index in [1.54, 1.807) is 12.3 Å². The standard InChI is InChI=1S/C15H17IN2O3/c1-13(2)14(3)6-7-15(13,21-12(14)20)11(19)18-10-5-4-9(16)8-17-10/h4-5,8H,6-7H2,1-3H3,(H,17,18,19). The van der Waals surface area contributed by atoms with Crippen LogP contribution in [0.3, 0.4) is 0 Å². The van der Waals surface area contributed by atoms with Crippen molar-refractivity contribution in [3.63, 3.8) is 0 Å². The van der Waals surface area contributed by atoms with Gasteiger partial charge in [-0.05, 0) is 54.5 Å². The van der Waals surface area contributed by atoms with Crippen LogP contribution in [-0.2, 0) is 14.3 Å². The third kappa shape index (κ3) is 1.77. The van der Waals surface area contributed by atoms with E-state index in [4.69, 9.17) is 4.74 Å². The van der Waals surface area contributed by atoms with Crippen molar-refractivity contribution >= 4 is 40.3 Å². The molecule has 0 spiro atoms. The zero-order chi connectivity index (χ0) is 15.5. The van der Waals surface area contributed by atoms with Crippen LogP contribution in [0.2, 0.25) is 0 Å². The van der Waals surface area contributed by atoms with E-state index >= 15 is 0 Å². The Kier molecular flexibility index (Phi) is 3.10. The highest BCUT2D eigenvalue weighted by Crippen LogP contribution is 2.65. The quantitative estimate of drug-likeness (QED) is 0.613. The SMILES string of the molecule is CC12CCC(C(=O)Nc3ccc(I)cn3)(OC1=O)C2(C)C. The van der Waals surface area contributed by atoms with Crippen LogP contribution in [-0.4, -0.2) is 22.5 Å². The second kappa shape index (κ2) is 4.41. The summed E-state index contributed by atoms with van der Waals surface area (Å²) in [5.41, 5.74) is -2.22. The third-order valence-electron chi connectivity index (χ3n) is 5.42. The van der Waals surface area contributed by atoms with Crippen LogP contribution in [0.1, 0.15) is 33.6 Å². The minimum absolute atomic E-state index is 0.274. The zero-order valence-electron chi connectivity index (χ0n) is 12.2. The number of hydrogen-bond acceptors (Lipinski definition) is 4. The molecule has 3 rings (SSSR count). The first-order valence-electron chi connectivity index (χ1n) is 6.89. The lowest BCUT2D eigenvalue weighted by Gasteiger charge is -2.35. The van der Waals surface area contributed by atoms with Crippen LogP contribution >= 0.6 is 22.6 Å². The van der Waals surface area contributed by atoms with Crippen molar-refractivity contribution in [3.05, 3.63) is 21.9 Å². The van der Waals surface area contributed by atoms with Gasteiger partial charge in [0.2, 0.25) is 0 Å². The fourth-order valence-corrected chi connectivity index (χ4v) is 3.73. The number of aromatic nitrogens is 1. The third-order valence-corrected chi connectivity index (χ3v) is 6.06. The lowest BCUT2D eigenvalue weighted by molar-refractivity contribution is -0.165. The van der Waals surface area contributed by atoms with Gasteiger partial charge in [0.15, 0.2) is 5.60 Å². The lowest BCUT2D eigenvalue weighted by Crippen LogP contribution is -2.50. The number of esters is 1. The monoisotopic (exact) mass is 400 g/mol. The number of ether oxygens (including phenoxy) is 1. The molecular weight excluding hydrogens is 383 g/mol. The predicted molar refractivity (Wildman–Crippen MR) is 85.5 cm³/mol. The van der Waals surface area contributed by atoms with Crippen LogP contribution < -0.4 is 5.32 Å². The predicted octanol–water partition coefficient (Wildman–Crippen LogP) is 2.75. The van der Waals surface area contributed by atoms with Gasteiger partial charge in [-0.1, -0.05) is 13.8 Å². The molecule has 1 aliphatic carbocycles. The van der Waals surface area contributed by atoms with Gasteiger partial charge in [-0.25, -0.2) is 4.98 Å². The Hall–Kier alpha value is -1.18. The summed E-state index contributed by atoms with van der Waals surface area (Å²) < 4.78 is 6.53. The molecule has 112 valence electrons. The van der Waals surface area contributed by atoms with E-state index in [1.165, 1.54) is 0 Å². The molecular formula is C15H17IN2O3. The largest absolute Gasteiger partial charge is 0.448 e. The highest BCUT2D eigenvalue weighted by Gasteiger charge is 2.75. The van der Waals surface area contributed by atoms with Crippen LogP contribution in [0.15, 0.2) is 18.3 Å². The number of nitrogens with one attached hydrogen (secondary N) is 1. The highest BCUT2D eigenvalue weighted by atomic mass is 127. The molecule has 0 aromatic carbocycles. The molecule has 2 unspecified atom stereocenters. The number of hydrogen-bond donors (Lipinski definition) is 1. The Morgan fingerprint density at radius 2 is 2.05 bits per heavy atom. The van der Waals surface area contributed by atoms with Crippen molar-refractivity contribution < 1.29 is 14.3 Å². The van der Waals surface area contributed by atoms with Gasteiger partial charge < -0.3 is 10.1 Å². The second-order valence-electron chi connectivity index (χ2n) is 6.49. The molecule has 1 aromatic heterocycles. The Bertz CT molecular complexity index is 628. The number of carbonyl (C=O) groups excluding carboxylic acids is 2. The number of pyridine rings is 1. The Morgan fingerprint density at radius 1 is 1.33 bits per heavy atom. The fourth-order valence-electron chi connectivity index (χ4n) is 3.41. The van der Waals surface area contributed by atoms with Crippen molar-refractivity contribution in [2.75, 3.05) is 5.32 Å². The van der Waals surface area contributed by atoms with Crippen LogP contribution in [0.5, 0.6) is 0 Å². The van der Waals surface area contributed by atoms with Crippen molar-refractivity contribution in [2.24, 2.45) is 10.8 Å². The van der Waals surface area contributed by atoms with Gasteiger partial charge in [-0.3, -0.25) is 9.59 Å². The second-order valence-corrected chi connectivity index (χ2v) is 7.74. The topological polar surface area (TPSA) is 68.3 Å². The number of anilines is 1. The smallest absolute Gasteiger partial charge is 0.313 e. The molecule has 1 aromatic rings. The fraction of sp³-hybridized carbons (Fsp3) is 0.533. The summed E-state index contributed by atoms with van der Waals surface area (Å²) in [6.45, 7) is 5.76. The van der Waals surface area contributed by atoms with E-state index in [9.17, 15) is 9.59 Å². The Labute approximate surface area is 137 Å². The maximum atomic E-state index is 12.8. The van der Waals surface area contributed by atoms with Crippen LogP contribution in [0.4, 0.5) is 5.82 Å². The van der Waals surface area contributed by atoms with Gasteiger partial charge in [0.1, 0.15) is 5.82 Å². The molecule has 1 saturated heterocycles. The lowest BCUT2D eigenvalue weighted by atomic mass is 9.66. The zero-order valence-corrected chi connectivity index (χ0v) is 14.4. The molecule has 2 fully saturated rings. The maximum Gasteiger partial charge on any atom is 0.313 e. The Morgan fingerprint density at radius 3 is 2.52 bits per heavy atom. The average molecular weight is 400 g/mol.